The van der Waals surface area contributed by atoms with Gasteiger partial charge in [0.25, 0.3) is 0 Å². The second-order valence-corrected chi connectivity index (χ2v) is 5.98. The van der Waals surface area contributed by atoms with E-state index >= 15 is 0 Å². The normalized spacial score (nSPS) is 24.9. The topological polar surface area (TPSA) is 9.23 Å². The van der Waals surface area contributed by atoms with E-state index in [4.69, 9.17) is 4.74 Å². The van der Waals surface area contributed by atoms with Gasteiger partial charge in [-0.3, -0.25) is 0 Å². The fourth-order valence-electron chi connectivity index (χ4n) is 2.43. The van der Waals surface area contributed by atoms with Crippen LogP contribution in [0.5, 0.6) is 0 Å². The Bertz CT molecular complexity index is 201. The van der Waals surface area contributed by atoms with Crippen LogP contribution in [0.2, 0.25) is 0 Å². The molecule has 131 valence electrons. The number of ether oxygens (including phenoxy) is 1. The van der Waals surface area contributed by atoms with Crippen molar-refractivity contribution in [1.82, 2.24) is 0 Å². The molecule has 2 aliphatic carbocycles. The summed E-state index contributed by atoms with van der Waals surface area (Å²) in [6.07, 6.45) is 18.6. The second kappa shape index (κ2) is 15.4. The predicted octanol–water partition coefficient (Wildman–Crippen LogP) is 5.40. The minimum atomic E-state index is 0. The Morgan fingerprint density at radius 3 is 0.833 bits per heavy atom. The van der Waals surface area contributed by atoms with Gasteiger partial charge in [0.15, 0.2) is 0 Å². The van der Waals surface area contributed by atoms with Gasteiger partial charge in [0.1, 0.15) is 0 Å². The van der Waals surface area contributed by atoms with Crippen LogP contribution in [0.25, 0.3) is 0 Å². The van der Waals surface area contributed by atoms with Crippen molar-refractivity contribution in [3.8, 4) is 0 Å². The molecule has 1 heterocycles. The summed E-state index contributed by atoms with van der Waals surface area (Å²) in [4.78, 5) is 0. The molecule has 3 rings (SSSR count). The summed E-state index contributed by atoms with van der Waals surface area (Å²) in [5.74, 6) is 7.34. The average molecular weight is 462 g/mol. The summed E-state index contributed by atoms with van der Waals surface area (Å²) in [7, 11) is 0. The van der Waals surface area contributed by atoms with Crippen molar-refractivity contribution in [2.24, 2.45) is 0 Å². The van der Waals surface area contributed by atoms with Crippen LogP contribution in [-0.4, -0.2) is 13.2 Å². The molecular weight excluding hydrogens is 431 g/mol. The molecule has 0 amide bonds. The van der Waals surface area contributed by atoms with Crippen molar-refractivity contribution in [3.05, 3.63) is 81.0 Å². The van der Waals surface area contributed by atoms with E-state index in [1.165, 1.54) is 42.4 Å². The molecule has 3 aliphatic rings. The molecule has 24 heavy (non-hydrogen) atoms. The largest absolute Gasteiger partial charge is 0.381 e. The number of rotatable bonds is 0. The molecule has 2 saturated carbocycles. The molecule has 1 aliphatic heterocycles. The average Bonchev–Trinajstić information content (AvgIpc) is 3.15. The predicted molar refractivity (Wildman–Crippen MR) is 99.0 cm³/mol. The summed E-state index contributed by atoms with van der Waals surface area (Å²) in [6, 6.07) is 0. The third-order valence-electron chi connectivity index (χ3n) is 4.53. The van der Waals surface area contributed by atoms with Gasteiger partial charge in [-0.1, -0.05) is 34.6 Å². The zero-order valence-electron chi connectivity index (χ0n) is 15.8. The molecule has 1 nitrogen and oxygen atoms in total. The van der Waals surface area contributed by atoms with Gasteiger partial charge in [0.05, 0.1) is 0 Å². The molecule has 0 aromatic carbocycles. The molecule has 1 saturated heterocycles. The minimum Gasteiger partial charge on any atom is -0.381 e. The quantitative estimate of drug-likeness (QED) is 0.469. The van der Waals surface area contributed by atoms with Crippen molar-refractivity contribution in [2.45, 2.75) is 47.5 Å². The Morgan fingerprint density at radius 1 is 0.500 bits per heavy atom. The SMILES string of the molecule is C1CCOC1.C[C]1[C](C)[C](C)[C](C)[C]1C.[CH]1[CH][CH][CH][CH][CH][CH][CH]1.[Sm]. The molecule has 0 bridgehead atoms. The number of hydrogen-bond acceptors (Lipinski definition) is 1. The van der Waals surface area contributed by atoms with Crippen LogP contribution >= 0.6 is 0 Å². The molecule has 0 N–H and O–H groups in total. The van der Waals surface area contributed by atoms with E-state index in [2.05, 4.69) is 34.6 Å². The second-order valence-electron chi connectivity index (χ2n) is 5.98. The fraction of sp³-hybridized carbons (Fsp3) is 0.409. The molecule has 0 spiro atoms. The third-order valence-corrected chi connectivity index (χ3v) is 4.53. The molecule has 3 fully saturated rings. The number of hydrogen-bond donors (Lipinski definition) is 0. The van der Waals surface area contributed by atoms with Crippen molar-refractivity contribution in [3.63, 3.8) is 0 Å². The van der Waals surface area contributed by atoms with Gasteiger partial charge in [0.2, 0.25) is 0 Å². The Labute approximate surface area is 185 Å². The van der Waals surface area contributed by atoms with Crippen LogP contribution in [0.15, 0.2) is 0 Å². The van der Waals surface area contributed by atoms with Gasteiger partial charge < -0.3 is 4.74 Å². The van der Waals surface area contributed by atoms with Crippen LogP contribution < -0.4 is 0 Å². The summed E-state index contributed by atoms with van der Waals surface area (Å²) >= 11 is 0. The van der Waals surface area contributed by atoms with Crippen LogP contribution in [0, 0.1) is 121 Å². The Morgan fingerprint density at radius 2 is 0.708 bits per heavy atom. The Hall–Kier alpha value is 1.30. The van der Waals surface area contributed by atoms with Crippen molar-refractivity contribution < 1.29 is 45.1 Å². The summed E-state index contributed by atoms with van der Waals surface area (Å²) < 4.78 is 4.94. The van der Waals surface area contributed by atoms with Crippen molar-refractivity contribution >= 4 is 0 Å². The Balaban J connectivity index is 0.000000340. The van der Waals surface area contributed by atoms with E-state index < -0.39 is 0 Å². The van der Waals surface area contributed by atoms with Gasteiger partial charge in [-0.05, 0) is 93.8 Å². The third kappa shape index (κ3) is 9.85. The van der Waals surface area contributed by atoms with E-state index in [0.717, 1.165) is 13.2 Å². The van der Waals surface area contributed by atoms with Gasteiger partial charge in [-0.25, -0.2) is 0 Å². The van der Waals surface area contributed by atoms with Gasteiger partial charge >= 0.3 is 0 Å². The maximum absolute atomic E-state index is 4.94. The zero-order chi connectivity index (χ0) is 17.1. The van der Waals surface area contributed by atoms with Crippen LogP contribution in [-0.2, 0) is 4.74 Å². The maximum Gasteiger partial charge on any atom is 0.0466 e. The standard InChI is InChI=1S/C10H15.C8H8.C4H8O.Sm/c1-6-7(2)9(4)10(5)8(6)3;1-2-4-6-8-7-5-3-1;1-2-4-5-3-1;/h1-5H3;1-8H;1-4H2;. The molecule has 0 aromatic heterocycles. The van der Waals surface area contributed by atoms with Crippen molar-refractivity contribution in [1.29, 1.82) is 0 Å². The van der Waals surface area contributed by atoms with Crippen LogP contribution in [0.3, 0.4) is 0 Å². The van der Waals surface area contributed by atoms with Gasteiger partial charge in [0, 0.05) is 53.6 Å². The van der Waals surface area contributed by atoms with Gasteiger partial charge in [-0.2, -0.15) is 0 Å². The van der Waals surface area contributed by atoms with E-state index in [9.17, 15) is 0 Å². The van der Waals surface area contributed by atoms with E-state index in [-0.39, 0.29) is 40.4 Å². The summed E-state index contributed by atoms with van der Waals surface area (Å²) in [6.45, 7) is 13.0. The van der Waals surface area contributed by atoms with Crippen molar-refractivity contribution in [2.75, 3.05) is 13.2 Å². The van der Waals surface area contributed by atoms with Crippen LogP contribution in [0.1, 0.15) is 47.5 Å². The first-order valence-electron chi connectivity index (χ1n) is 8.49. The molecule has 0 atom stereocenters. The summed E-state index contributed by atoms with van der Waals surface area (Å²) in [5, 5.41) is 0. The molecule has 2 heteroatoms. The van der Waals surface area contributed by atoms with E-state index in [1.807, 2.05) is 51.4 Å². The fourth-order valence-corrected chi connectivity index (χ4v) is 2.43. The first-order valence-corrected chi connectivity index (χ1v) is 8.49. The Kier molecular flexibility index (Phi) is 16.2. The molecule has 0 unspecified atom stereocenters. The first-order chi connectivity index (χ1) is 11.1. The minimum absolute atomic E-state index is 0. The van der Waals surface area contributed by atoms with Crippen LogP contribution in [0.4, 0.5) is 0 Å². The maximum atomic E-state index is 4.94. The smallest absolute Gasteiger partial charge is 0.0466 e. The summed E-state index contributed by atoms with van der Waals surface area (Å²) in [5.41, 5.74) is 0. The zero-order valence-corrected chi connectivity index (χ0v) is 18.4. The van der Waals surface area contributed by atoms with E-state index in [0.29, 0.717) is 0 Å². The van der Waals surface area contributed by atoms with E-state index in [1.54, 1.807) is 0 Å². The first kappa shape index (κ1) is 25.3. The molecular formula is C22H31OSm. The van der Waals surface area contributed by atoms with Gasteiger partial charge in [-0.15, -0.1) is 0 Å². The monoisotopic (exact) mass is 463 g/mol. The molecule has 13 radical (unpaired) electrons. The molecule has 0 aromatic rings.